The minimum atomic E-state index is -0.882. The van der Waals surface area contributed by atoms with Crippen molar-refractivity contribution in [3.05, 3.63) is 105 Å². The summed E-state index contributed by atoms with van der Waals surface area (Å²) in [6.07, 6.45) is 2.05. The van der Waals surface area contributed by atoms with Gasteiger partial charge in [-0.25, -0.2) is 4.79 Å². The molecule has 0 aliphatic heterocycles. The molecule has 0 spiro atoms. The average Bonchev–Trinajstić information content (AvgIpc) is 3.69. The van der Waals surface area contributed by atoms with E-state index in [0.717, 1.165) is 17.5 Å². The van der Waals surface area contributed by atoms with Crippen molar-refractivity contribution in [2.45, 2.75) is 44.8 Å². The molecule has 2 aromatic heterocycles. The van der Waals surface area contributed by atoms with Crippen LogP contribution in [-0.2, 0) is 24.2 Å². The summed E-state index contributed by atoms with van der Waals surface area (Å²) in [6.45, 7) is 1.12. The molecule has 0 aliphatic rings. The number of ether oxygens (including phenoxy) is 1. The van der Waals surface area contributed by atoms with Gasteiger partial charge in [-0.05, 0) is 66.9 Å². The number of unbranched alkanes of at least 4 members (excludes halogenated alkanes) is 1. The molecule has 41 heavy (non-hydrogen) atoms. The highest BCUT2D eigenvalue weighted by molar-refractivity contribution is 7.09. The average molecular weight is 576 g/mol. The zero-order chi connectivity index (χ0) is 28.9. The molecule has 4 N–H and O–H groups in total. The van der Waals surface area contributed by atoms with Gasteiger partial charge >= 0.3 is 6.09 Å². The maximum Gasteiger partial charge on any atom is 0.408 e. The Hall–Kier alpha value is -4.35. The predicted octanol–water partition coefficient (Wildman–Crippen LogP) is 4.30. The lowest BCUT2D eigenvalue weighted by Gasteiger charge is -2.16. The second-order valence-electron chi connectivity index (χ2n) is 9.38. The van der Waals surface area contributed by atoms with E-state index in [1.165, 1.54) is 4.88 Å². The van der Waals surface area contributed by atoms with Crippen LogP contribution in [0.4, 0.5) is 4.79 Å². The standard InChI is InChI=1S/C30H33N5O5S/c31-16-5-4-10-25(33-30(38)39-20-22-7-2-1-3-8-22)27(36)28-34-26(40-35-28)19-21-11-13-23(14-12-21)29(37)32-17-15-24-9-6-18-41-24/h1-3,6-9,11-14,18,25H,4-5,10,15-17,19-20,31H2,(H,32,37)(H,33,38)/t25-/m0/s1. The molecular formula is C30H33N5O5S. The van der Waals surface area contributed by atoms with Crippen LogP contribution in [0.5, 0.6) is 0 Å². The number of ketones is 1. The van der Waals surface area contributed by atoms with Gasteiger partial charge < -0.3 is 25.6 Å². The fraction of sp³-hybridized carbons (Fsp3) is 0.300. The third-order valence-corrected chi connectivity index (χ3v) is 7.20. The topological polar surface area (TPSA) is 149 Å². The lowest BCUT2D eigenvalue weighted by molar-refractivity contribution is 0.0896. The number of hydrogen-bond donors (Lipinski definition) is 3. The highest BCUT2D eigenvalue weighted by Gasteiger charge is 2.27. The van der Waals surface area contributed by atoms with E-state index in [1.54, 1.807) is 35.6 Å². The van der Waals surface area contributed by atoms with Gasteiger partial charge in [0.1, 0.15) is 6.61 Å². The number of carbonyl (C=O) groups excluding carboxylic acids is 3. The number of carbonyl (C=O) groups is 3. The number of nitrogens with zero attached hydrogens (tertiary/aromatic N) is 2. The van der Waals surface area contributed by atoms with E-state index in [1.807, 2.05) is 47.8 Å². The second kappa shape index (κ2) is 15.4. The highest BCUT2D eigenvalue weighted by atomic mass is 32.1. The Morgan fingerprint density at radius 2 is 1.78 bits per heavy atom. The zero-order valence-corrected chi connectivity index (χ0v) is 23.4. The van der Waals surface area contributed by atoms with Gasteiger partial charge in [0.2, 0.25) is 17.5 Å². The van der Waals surface area contributed by atoms with E-state index in [2.05, 4.69) is 20.8 Å². The number of benzene rings is 2. The lowest BCUT2D eigenvalue weighted by Crippen LogP contribution is -2.41. The molecule has 11 heteroatoms. The van der Waals surface area contributed by atoms with Crippen molar-refractivity contribution in [2.24, 2.45) is 5.73 Å². The normalized spacial score (nSPS) is 11.5. The Kier molecular flexibility index (Phi) is 11.2. The van der Waals surface area contributed by atoms with Crippen LogP contribution in [0.1, 0.15) is 62.1 Å². The third kappa shape index (κ3) is 9.37. The van der Waals surface area contributed by atoms with Crippen LogP contribution in [0.3, 0.4) is 0 Å². The summed E-state index contributed by atoms with van der Waals surface area (Å²) in [5, 5.41) is 11.4. The molecule has 0 fully saturated rings. The van der Waals surface area contributed by atoms with Crippen molar-refractivity contribution in [1.82, 2.24) is 20.8 Å². The molecule has 4 aromatic rings. The molecule has 0 radical (unpaired) electrons. The summed E-state index contributed by atoms with van der Waals surface area (Å²) in [7, 11) is 0. The van der Waals surface area contributed by atoms with Crippen molar-refractivity contribution in [2.75, 3.05) is 13.1 Å². The van der Waals surface area contributed by atoms with Crippen LogP contribution in [0.15, 0.2) is 76.6 Å². The third-order valence-electron chi connectivity index (χ3n) is 6.27. The van der Waals surface area contributed by atoms with E-state index in [9.17, 15) is 14.4 Å². The molecule has 10 nitrogen and oxygen atoms in total. The molecule has 0 aliphatic carbocycles. The van der Waals surface area contributed by atoms with Crippen molar-refractivity contribution in [1.29, 1.82) is 0 Å². The predicted molar refractivity (Wildman–Crippen MR) is 155 cm³/mol. The van der Waals surface area contributed by atoms with E-state index >= 15 is 0 Å². The monoisotopic (exact) mass is 575 g/mol. The number of rotatable bonds is 15. The highest BCUT2D eigenvalue weighted by Crippen LogP contribution is 2.13. The molecule has 0 saturated heterocycles. The van der Waals surface area contributed by atoms with E-state index in [0.29, 0.717) is 37.9 Å². The minimum Gasteiger partial charge on any atom is -0.445 e. The Balaban J connectivity index is 1.30. The molecule has 2 amide bonds. The molecule has 1 atom stereocenters. The summed E-state index contributed by atoms with van der Waals surface area (Å²) in [5.74, 6) is -0.491. The number of nitrogens with two attached hydrogens (primary N) is 1. The first-order chi connectivity index (χ1) is 20.0. The summed E-state index contributed by atoms with van der Waals surface area (Å²) in [4.78, 5) is 43.5. The zero-order valence-electron chi connectivity index (χ0n) is 22.6. The van der Waals surface area contributed by atoms with Gasteiger partial charge in [-0.15, -0.1) is 11.3 Å². The number of thiophene rings is 1. The van der Waals surface area contributed by atoms with Crippen molar-refractivity contribution in [3.8, 4) is 0 Å². The van der Waals surface area contributed by atoms with Crippen LogP contribution >= 0.6 is 11.3 Å². The van der Waals surface area contributed by atoms with Crippen molar-refractivity contribution >= 4 is 29.1 Å². The first kappa shape index (κ1) is 29.6. The van der Waals surface area contributed by atoms with Crippen LogP contribution in [0.25, 0.3) is 0 Å². The van der Waals surface area contributed by atoms with E-state index < -0.39 is 17.9 Å². The number of nitrogens with one attached hydrogen (secondary N) is 2. The quantitative estimate of drug-likeness (QED) is 0.140. The lowest BCUT2D eigenvalue weighted by atomic mass is 10.0. The maximum atomic E-state index is 13.2. The number of aromatic nitrogens is 2. The largest absolute Gasteiger partial charge is 0.445 e. The van der Waals surface area contributed by atoms with Crippen LogP contribution in [0.2, 0.25) is 0 Å². The minimum absolute atomic E-state index is 0.0817. The number of alkyl carbamates (subject to hydrolysis) is 1. The number of amides is 2. The first-order valence-electron chi connectivity index (χ1n) is 13.5. The number of Topliss-reactive ketones (excluding diaryl/α,β-unsaturated/α-hetero) is 1. The van der Waals surface area contributed by atoms with Gasteiger partial charge in [0.15, 0.2) is 0 Å². The molecule has 2 heterocycles. The second-order valence-corrected chi connectivity index (χ2v) is 10.4. The van der Waals surface area contributed by atoms with Gasteiger partial charge in [-0.3, -0.25) is 9.59 Å². The van der Waals surface area contributed by atoms with Crippen LogP contribution in [-0.4, -0.2) is 47.1 Å². The van der Waals surface area contributed by atoms with Gasteiger partial charge in [0, 0.05) is 17.0 Å². The summed E-state index contributed by atoms with van der Waals surface area (Å²) in [5.41, 5.74) is 7.82. The van der Waals surface area contributed by atoms with Crippen LogP contribution in [0, 0.1) is 0 Å². The molecule has 0 unspecified atom stereocenters. The molecular weight excluding hydrogens is 542 g/mol. The number of hydrogen-bond acceptors (Lipinski definition) is 9. The van der Waals surface area contributed by atoms with Crippen molar-refractivity contribution in [3.63, 3.8) is 0 Å². The fourth-order valence-electron chi connectivity index (χ4n) is 4.06. The SMILES string of the molecule is NCCCC[C@H](NC(=O)OCc1ccccc1)C(=O)c1noc(Cc2ccc(C(=O)NCCc3cccs3)cc2)n1. The van der Waals surface area contributed by atoms with E-state index in [4.69, 9.17) is 15.0 Å². The molecule has 2 aromatic carbocycles. The molecule has 4 rings (SSSR count). The van der Waals surface area contributed by atoms with Crippen LogP contribution < -0.4 is 16.4 Å². The molecule has 0 saturated carbocycles. The Morgan fingerprint density at radius 1 is 0.976 bits per heavy atom. The Bertz CT molecular complexity index is 1390. The summed E-state index contributed by atoms with van der Waals surface area (Å²) in [6, 6.07) is 19.5. The van der Waals surface area contributed by atoms with Gasteiger partial charge in [-0.2, -0.15) is 4.98 Å². The fourth-order valence-corrected chi connectivity index (χ4v) is 4.76. The Morgan fingerprint density at radius 3 is 2.51 bits per heavy atom. The van der Waals surface area contributed by atoms with Gasteiger partial charge in [0.05, 0.1) is 12.5 Å². The molecule has 214 valence electrons. The Labute approximate surface area is 242 Å². The maximum absolute atomic E-state index is 13.2. The smallest absolute Gasteiger partial charge is 0.408 e. The summed E-state index contributed by atoms with van der Waals surface area (Å²) < 4.78 is 10.6. The summed E-state index contributed by atoms with van der Waals surface area (Å²) >= 11 is 1.66. The van der Waals surface area contributed by atoms with Gasteiger partial charge in [-0.1, -0.05) is 53.7 Å². The van der Waals surface area contributed by atoms with E-state index in [-0.39, 0.29) is 30.7 Å². The van der Waals surface area contributed by atoms with Gasteiger partial charge in [0.25, 0.3) is 5.91 Å². The molecule has 0 bridgehead atoms. The first-order valence-corrected chi connectivity index (χ1v) is 14.3. The van der Waals surface area contributed by atoms with Crippen molar-refractivity contribution < 1.29 is 23.6 Å².